The molecule has 1 aromatic carbocycles. The van der Waals surface area contributed by atoms with Gasteiger partial charge in [-0.15, -0.1) is 0 Å². The van der Waals surface area contributed by atoms with Gasteiger partial charge >= 0.3 is 0 Å². The van der Waals surface area contributed by atoms with Crippen LogP contribution in [0.5, 0.6) is 0 Å². The average molecular weight is 245 g/mol. The zero-order valence-corrected chi connectivity index (χ0v) is 9.77. The number of amides is 1. The molecule has 0 unspecified atom stereocenters. The topological polar surface area (TPSA) is 68.0 Å². The molecule has 0 spiro atoms. The van der Waals surface area contributed by atoms with Crippen LogP contribution in [0.3, 0.4) is 0 Å². The van der Waals surface area contributed by atoms with Gasteiger partial charge in [-0.3, -0.25) is 9.78 Å². The van der Waals surface area contributed by atoms with Crippen LogP contribution in [0.2, 0.25) is 0 Å². The Bertz CT molecular complexity index is 599. The fourth-order valence-corrected chi connectivity index (χ4v) is 1.53. The van der Waals surface area contributed by atoms with Crippen LogP contribution in [0.15, 0.2) is 36.7 Å². The fraction of sp³-hybridized carbons (Fsp3) is 0.0769. The number of carbonyl (C=O) groups is 1. The van der Waals surface area contributed by atoms with E-state index in [1.165, 1.54) is 12.3 Å². The number of nitrogen functional groups attached to an aromatic ring is 1. The van der Waals surface area contributed by atoms with Crippen molar-refractivity contribution in [2.75, 3.05) is 11.1 Å². The molecule has 1 heterocycles. The standard InChI is InChI=1S/C13H12FN3O/c1-8-2-3-11(15)12(6-8)17-13(18)9-4-5-16-7-10(9)14/h2-7H,15H2,1H3,(H,17,18). The van der Waals surface area contributed by atoms with Gasteiger partial charge in [0.1, 0.15) is 0 Å². The smallest absolute Gasteiger partial charge is 0.258 e. The molecule has 0 aliphatic heterocycles. The first-order valence-electron chi connectivity index (χ1n) is 5.35. The molecular formula is C13H12FN3O. The van der Waals surface area contributed by atoms with E-state index in [1.807, 2.05) is 13.0 Å². The van der Waals surface area contributed by atoms with Gasteiger partial charge in [0.15, 0.2) is 5.82 Å². The minimum Gasteiger partial charge on any atom is -0.397 e. The van der Waals surface area contributed by atoms with Crippen molar-refractivity contribution in [1.29, 1.82) is 0 Å². The molecule has 3 N–H and O–H groups in total. The Kier molecular flexibility index (Phi) is 3.23. The Morgan fingerprint density at radius 1 is 1.39 bits per heavy atom. The molecule has 1 aromatic heterocycles. The minimum absolute atomic E-state index is 0.0640. The molecule has 2 aromatic rings. The van der Waals surface area contributed by atoms with Crippen molar-refractivity contribution in [1.82, 2.24) is 4.98 Å². The Labute approximate surface area is 104 Å². The lowest BCUT2D eigenvalue weighted by molar-refractivity contribution is 0.102. The number of nitrogens with one attached hydrogen (secondary N) is 1. The SMILES string of the molecule is Cc1ccc(N)c(NC(=O)c2ccncc2F)c1. The van der Waals surface area contributed by atoms with Gasteiger partial charge in [0.05, 0.1) is 23.1 Å². The third-order valence-corrected chi connectivity index (χ3v) is 2.47. The monoisotopic (exact) mass is 245 g/mol. The molecule has 0 aliphatic carbocycles. The number of carbonyl (C=O) groups excluding carboxylic acids is 1. The van der Waals surface area contributed by atoms with Gasteiger partial charge in [0.25, 0.3) is 5.91 Å². The number of nitrogens with two attached hydrogens (primary N) is 1. The van der Waals surface area contributed by atoms with Crippen molar-refractivity contribution in [2.24, 2.45) is 0 Å². The quantitative estimate of drug-likeness (QED) is 0.798. The van der Waals surface area contributed by atoms with Crippen molar-refractivity contribution >= 4 is 17.3 Å². The molecule has 0 bridgehead atoms. The molecule has 0 saturated carbocycles. The van der Waals surface area contributed by atoms with E-state index in [9.17, 15) is 9.18 Å². The summed E-state index contributed by atoms with van der Waals surface area (Å²) in [6.45, 7) is 1.88. The van der Waals surface area contributed by atoms with Crippen LogP contribution in [0, 0.1) is 12.7 Å². The Morgan fingerprint density at radius 3 is 2.89 bits per heavy atom. The number of rotatable bonds is 2. The molecule has 1 amide bonds. The van der Waals surface area contributed by atoms with Gasteiger partial charge < -0.3 is 11.1 Å². The second-order valence-electron chi connectivity index (χ2n) is 3.90. The van der Waals surface area contributed by atoms with Crippen molar-refractivity contribution in [3.05, 3.63) is 53.6 Å². The number of aromatic nitrogens is 1. The highest BCUT2D eigenvalue weighted by atomic mass is 19.1. The molecule has 92 valence electrons. The highest BCUT2D eigenvalue weighted by molar-refractivity contribution is 6.05. The van der Waals surface area contributed by atoms with Crippen molar-refractivity contribution in [3.63, 3.8) is 0 Å². The largest absolute Gasteiger partial charge is 0.397 e. The van der Waals surface area contributed by atoms with Gasteiger partial charge in [0, 0.05) is 6.20 Å². The zero-order valence-electron chi connectivity index (χ0n) is 9.77. The van der Waals surface area contributed by atoms with Crippen molar-refractivity contribution < 1.29 is 9.18 Å². The van der Waals surface area contributed by atoms with Crippen molar-refractivity contribution in [3.8, 4) is 0 Å². The first-order valence-corrected chi connectivity index (χ1v) is 5.35. The number of pyridine rings is 1. The number of halogens is 1. The predicted molar refractivity (Wildman–Crippen MR) is 67.7 cm³/mol. The summed E-state index contributed by atoms with van der Waals surface area (Å²) in [4.78, 5) is 15.5. The molecule has 0 atom stereocenters. The van der Waals surface area contributed by atoms with Crippen LogP contribution < -0.4 is 11.1 Å². The van der Waals surface area contributed by atoms with Crippen LogP contribution in [-0.2, 0) is 0 Å². The van der Waals surface area contributed by atoms with Crippen LogP contribution in [0.4, 0.5) is 15.8 Å². The second-order valence-corrected chi connectivity index (χ2v) is 3.90. The maximum Gasteiger partial charge on any atom is 0.258 e. The lowest BCUT2D eigenvalue weighted by Gasteiger charge is -2.09. The summed E-state index contributed by atoms with van der Waals surface area (Å²) in [6.07, 6.45) is 2.35. The molecular weight excluding hydrogens is 233 g/mol. The third kappa shape index (κ3) is 2.45. The van der Waals surface area contributed by atoms with Gasteiger partial charge in [-0.2, -0.15) is 0 Å². The number of nitrogens with zero attached hydrogens (tertiary/aromatic N) is 1. The summed E-state index contributed by atoms with van der Waals surface area (Å²) in [5, 5.41) is 2.58. The summed E-state index contributed by atoms with van der Waals surface area (Å²) < 4.78 is 13.4. The van der Waals surface area contributed by atoms with Crippen LogP contribution in [0.1, 0.15) is 15.9 Å². The average Bonchev–Trinajstić information content (AvgIpc) is 2.34. The Hall–Kier alpha value is -2.43. The van der Waals surface area contributed by atoms with Crippen molar-refractivity contribution in [2.45, 2.75) is 6.92 Å². The number of anilines is 2. The first kappa shape index (κ1) is 12.0. The first-order chi connectivity index (χ1) is 8.58. The molecule has 0 fully saturated rings. The van der Waals surface area contributed by atoms with Crippen LogP contribution in [0.25, 0.3) is 0 Å². The molecule has 18 heavy (non-hydrogen) atoms. The predicted octanol–water partition coefficient (Wildman–Crippen LogP) is 2.36. The number of benzene rings is 1. The summed E-state index contributed by atoms with van der Waals surface area (Å²) >= 11 is 0. The van der Waals surface area contributed by atoms with E-state index in [1.54, 1.807) is 12.1 Å². The summed E-state index contributed by atoms with van der Waals surface area (Å²) in [5.74, 6) is -1.21. The fourth-order valence-electron chi connectivity index (χ4n) is 1.53. The maximum absolute atomic E-state index is 13.4. The van der Waals surface area contributed by atoms with Crippen LogP contribution >= 0.6 is 0 Å². The van der Waals surface area contributed by atoms with E-state index in [0.29, 0.717) is 11.4 Å². The van der Waals surface area contributed by atoms with Gasteiger partial charge in [-0.25, -0.2) is 4.39 Å². The van der Waals surface area contributed by atoms with Gasteiger partial charge in [0.2, 0.25) is 0 Å². The molecule has 4 nitrogen and oxygen atoms in total. The summed E-state index contributed by atoms with van der Waals surface area (Å²) in [7, 11) is 0. The van der Waals surface area contributed by atoms with E-state index < -0.39 is 11.7 Å². The van der Waals surface area contributed by atoms with E-state index in [2.05, 4.69) is 10.3 Å². The van der Waals surface area contributed by atoms with E-state index in [0.717, 1.165) is 11.8 Å². The Morgan fingerprint density at radius 2 is 2.17 bits per heavy atom. The Balaban J connectivity index is 2.27. The molecule has 0 radical (unpaired) electrons. The zero-order chi connectivity index (χ0) is 13.1. The number of aryl methyl sites for hydroxylation is 1. The highest BCUT2D eigenvalue weighted by Crippen LogP contribution is 2.20. The molecule has 0 saturated heterocycles. The summed E-state index contributed by atoms with van der Waals surface area (Å²) in [6, 6.07) is 6.56. The lowest BCUT2D eigenvalue weighted by atomic mass is 10.1. The van der Waals surface area contributed by atoms with Crippen LogP contribution in [-0.4, -0.2) is 10.9 Å². The second kappa shape index (κ2) is 4.83. The highest BCUT2D eigenvalue weighted by Gasteiger charge is 2.12. The maximum atomic E-state index is 13.4. The summed E-state index contributed by atoms with van der Waals surface area (Å²) in [5.41, 5.74) is 7.52. The number of hydrogen-bond acceptors (Lipinski definition) is 3. The molecule has 2 rings (SSSR count). The normalized spacial score (nSPS) is 10.1. The minimum atomic E-state index is -0.666. The number of hydrogen-bond donors (Lipinski definition) is 2. The van der Waals surface area contributed by atoms with Gasteiger partial charge in [-0.05, 0) is 30.7 Å². The molecule has 0 aliphatic rings. The third-order valence-electron chi connectivity index (χ3n) is 2.47. The molecule has 5 heteroatoms. The van der Waals surface area contributed by atoms with Gasteiger partial charge in [-0.1, -0.05) is 6.07 Å². The van der Waals surface area contributed by atoms with E-state index in [4.69, 9.17) is 5.73 Å². The van der Waals surface area contributed by atoms with E-state index in [-0.39, 0.29) is 5.56 Å². The van der Waals surface area contributed by atoms with E-state index >= 15 is 0 Å². The lowest BCUT2D eigenvalue weighted by Crippen LogP contribution is -2.15.